The molecule has 1 aliphatic carbocycles. The summed E-state index contributed by atoms with van der Waals surface area (Å²) in [5.74, 6) is 0.610. The predicted molar refractivity (Wildman–Crippen MR) is 53.1 cm³/mol. The van der Waals surface area contributed by atoms with Crippen LogP contribution in [0.3, 0.4) is 0 Å². The number of H-pyrrole nitrogens is 1. The Morgan fingerprint density at radius 2 is 2.36 bits per heavy atom. The molecular formula is C10H15N3O. The Balaban J connectivity index is 2.26. The van der Waals surface area contributed by atoms with E-state index in [1.165, 1.54) is 0 Å². The SMILES string of the molecule is Cc1[nH]nc2c1C(=O)CC(CCN)C2. The number of nitrogens with one attached hydrogen (secondary N) is 1. The van der Waals surface area contributed by atoms with Crippen molar-refractivity contribution in [3.63, 3.8) is 0 Å². The standard InChI is InChI=1S/C10H15N3O/c1-6-10-8(13-12-6)4-7(2-3-11)5-9(10)14/h7H,2-5,11H2,1H3,(H,12,13). The first-order valence-electron chi connectivity index (χ1n) is 4.99. The first-order chi connectivity index (χ1) is 6.72. The van der Waals surface area contributed by atoms with Gasteiger partial charge in [0.1, 0.15) is 0 Å². The number of nitrogens with two attached hydrogens (primary N) is 1. The first kappa shape index (κ1) is 9.40. The van der Waals surface area contributed by atoms with E-state index in [0.717, 1.165) is 29.8 Å². The van der Waals surface area contributed by atoms with Crippen LogP contribution in [0.1, 0.15) is 34.6 Å². The summed E-state index contributed by atoms with van der Waals surface area (Å²) in [4.78, 5) is 11.8. The van der Waals surface area contributed by atoms with Crippen LogP contribution in [0.5, 0.6) is 0 Å². The molecule has 1 heterocycles. The van der Waals surface area contributed by atoms with Crippen LogP contribution in [0.25, 0.3) is 0 Å². The number of aryl methyl sites for hydroxylation is 1. The highest BCUT2D eigenvalue weighted by Crippen LogP contribution is 2.27. The van der Waals surface area contributed by atoms with Crippen LogP contribution >= 0.6 is 0 Å². The summed E-state index contributed by atoms with van der Waals surface area (Å²) in [6.07, 6.45) is 2.43. The number of rotatable bonds is 2. The molecule has 2 rings (SSSR count). The van der Waals surface area contributed by atoms with Crippen molar-refractivity contribution in [1.29, 1.82) is 0 Å². The van der Waals surface area contributed by atoms with Gasteiger partial charge in [-0.3, -0.25) is 9.89 Å². The molecule has 1 aromatic rings. The van der Waals surface area contributed by atoms with E-state index in [9.17, 15) is 4.79 Å². The highest BCUT2D eigenvalue weighted by atomic mass is 16.1. The first-order valence-corrected chi connectivity index (χ1v) is 4.99. The number of nitrogens with zero attached hydrogens (tertiary/aromatic N) is 1. The fourth-order valence-electron chi connectivity index (χ4n) is 2.15. The summed E-state index contributed by atoms with van der Waals surface area (Å²) < 4.78 is 0. The number of hydrogen-bond donors (Lipinski definition) is 2. The van der Waals surface area contributed by atoms with Crippen LogP contribution in [-0.4, -0.2) is 22.5 Å². The molecule has 4 heteroatoms. The van der Waals surface area contributed by atoms with E-state index in [4.69, 9.17) is 5.73 Å². The van der Waals surface area contributed by atoms with Crippen molar-refractivity contribution in [2.24, 2.45) is 11.7 Å². The zero-order valence-electron chi connectivity index (χ0n) is 8.34. The molecule has 0 radical (unpaired) electrons. The fraction of sp³-hybridized carbons (Fsp3) is 0.600. The topological polar surface area (TPSA) is 71.8 Å². The van der Waals surface area contributed by atoms with Crippen LogP contribution in [0.15, 0.2) is 0 Å². The van der Waals surface area contributed by atoms with Gasteiger partial charge in [0.05, 0.1) is 11.3 Å². The average Bonchev–Trinajstić information content (AvgIpc) is 2.48. The third kappa shape index (κ3) is 1.46. The zero-order chi connectivity index (χ0) is 10.1. The van der Waals surface area contributed by atoms with E-state index < -0.39 is 0 Å². The predicted octanol–water partition coefficient (Wildman–Crippen LogP) is 0.812. The van der Waals surface area contributed by atoms with Gasteiger partial charge >= 0.3 is 0 Å². The lowest BCUT2D eigenvalue weighted by Gasteiger charge is -2.19. The van der Waals surface area contributed by atoms with Crippen LogP contribution < -0.4 is 5.73 Å². The quantitative estimate of drug-likeness (QED) is 0.730. The molecule has 0 fully saturated rings. The van der Waals surface area contributed by atoms with E-state index >= 15 is 0 Å². The average molecular weight is 193 g/mol. The molecule has 0 spiro atoms. The summed E-state index contributed by atoms with van der Waals surface area (Å²) in [6.45, 7) is 2.55. The van der Waals surface area contributed by atoms with Crippen molar-refractivity contribution in [2.75, 3.05) is 6.54 Å². The van der Waals surface area contributed by atoms with E-state index in [-0.39, 0.29) is 5.78 Å². The lowest BCUT2D eigenvalue weighted by atomic mass is 9.84. The maximum Gasteiger partial charge on any atom is 0.166 e. The molecule has 0 saturated heterocycles. The fourth-order valence-corrected chi connectivity index (χ4v) is 2.15. The molecule has 0 amide bonds. The molecule has 1 aliphatic rings. The van der Waals surface area contributed by atoms with Crippen molar-refractivity contribution >= 4 is 5.78 Å². The lowest BCUT2D eigenvalue weighted by Crippen LogP contribution is -2.22. The molecule has 0 aliphatic heterocycles. The van der Waals surface area contributed by atoms with Gasteiger partial charge in [0.25, 0.3) is 0 Å². The summed E-state index contributed by atoms with van der Waals surface area (Å²) >= 11 is 0. The van der Waals surface area contributed by atoms with Crippen LogP contribution in [0.4, 0.5) is 0 Å². The van der Waals surface area contributed by atoms with E-state index in [1.807, 2.05) is 6.92 Å². The second-order valence-electron chi connectivity index (χ2n) is 3.95. The Morgan fingerprint density at radius 3 is 3.07 bits per heavy atom. The largest absolute Gasteiger partial charge is 0.330 e. The molecule has 4 nitrogen and oxygen atoms in total. The van der Waals surface area contributed by atoms with Gasteiger partial charge in [0, 0.05) is 12.1 Å². The molecule has 0 aromatic carbocycles. The van der Waals surface area contributed by atoms with Gasteiger partial charge in [-0.25, -0.2) is 0 Å². The highest BCUT2D eigenvalue weighted by Gasteiger charge is 2.28. The zero-order valence-corrected chi connectivity index (χ0v) is 8.34. The molecule has 14 heavy (non-hydrogen) atoms. The van der Waals surface area contributed by atoms with Crippen molar-refractivity contribution in [2.45, 2.75) is 26.2 Å². The van der Waals surface area contributed by atoms with Crippen LogP contribution in [-0.2, 0) is 6.42 Å². The monoisotopic (exact) mass is 193 g/mol. The third-order valence-electron chi connectivity index (χ3n) is 2.83. The lowest BCUT2D eigenvalue weighted by molar-refractivity contribution is 0.0946. The molecule has 0 bridgehead atoms. The molecule has 1 atom stereocenters. The minimum absolute atomic E-state index is 0.218. The van der Waals surface area contributed by atoms with Crippen molar-refractivity contribution in [3.05, 3.63) is 17.0 Å². The number of hydrogen-bond acceptors (Lipinski definition) is 3. The van der Waals surface area contributed by atoms with Gasteiger partial charge in [-0.15, -0.1) is 0 Å². The molecule has 1 aromatic heterocycles. The maximum absolute atomic E-state index is 11.8. The molecule has 3 N–H and O–H groups in total. The highest BCUT2D eigenvalue weighted by molar-refractivity contribution is 5.99. The van der Waals surface area contributed by atoms with Crippen molar-refractivity contribution in [3.8, 4) is 0 Å². The summed E-state index contributed by atoms with van der Waals surface area (Å²) in [7, 11) is 0. The normalized spacial score (nSPS) is 21.0. The Labute approximate surface area is 82.9 Å². The minimum atomic E-state index is 0.218. The number of aromatic nitrogens is 2. The number of aromatic amines is 1. The Kier molecular flexibility index (Phi) is 2.37. The smallest absolute Gasteiger partial charge is 0.166 e. The van der Waals surface area contributed by atoms with Gasteiger partial charge in [-0.05, 0) is 32.2 Å². The van der Waals surface area contributed by atoms with Crippen LogP contribution in [0, 0.1) is 12.8 Å². The summed E-state index contributed by atoms with van der Waals surface area (Å²) in [5.41, 5.74) is 8.14. The van der Waals surface area contributed by atoms with Gasteiger partial charge < -0.3 is 5.73 Å². The van der Waals surface area contributed by atoms with Crippen LogP contribution in [0.2, 0.25) is 0 Å². The van der Waals surface area contributed by atoms with Gasteiger partial charge in [0.2, 0.25) is 0 Å². The second kappa shape index (κ2) is 3.53. The van der Waals surface area contributed by atoms with Crippen molar-refractivity contribution < 1.29 is 4.79 Å². The molecule has 76 valence electrons. The number of fused-ring (bicyclic) bond motifs is 1. The van der Waals surface area contributed by atoms with Gasteiger partial charge in [-0.2, -0.15) is 5.10 Å². The number of carbonyl (C=O) groups excluding carboxylic acids is 1. The van der Waals surface area contributed by atoms with E-state index in [2.05, 4.69) is 10.2 Å². The third-order valence-corrected chi connectivity index (χ3v) is 2.83. The Hall–Kier alpha value is -1.16. The van der Waals surface area contributed by atoms with E-state index in [1.54, 1.807) is 0 Å². The Morgan fingerprint density at radius 1 is 1.57 bits per heavy atom. The Bertz CT molecular complexity index is 356. The minimum Gasteiger partial charge on any atom is -0.330 e. The van der Waals surface area contributed by atoms with Gasteiger partial charge in [-0.1, -0.05) is 0 Å². The summed E-state index contributed by atoms with van der Waals surface area (Å²) in [6, 6.07) is 0. The van der Waals surface area contributed by atoms with E-state index in [0.29, 0.717) is 18.9 Å². The molecule has 1 unspecified atom stereocenters. The molecular weight excluding hydrogens is 178 g/mol. The molecule has 0 saturated carbocycles. The number of carbonyl (C=O) groups is 1. The van der Waals surface area contributed by atoms with Gasteiger partial charge in [0.15, 0.2) is 5.78 Å². The number of Topliss-reactive ketones (excluding diaryl/α,β-unsaturated/α-hetero) is 1. The number of ketones is 1. The maximum atomic E-state index is 11.8. The van der Waals surface area contributed by atoms with Crippen molar-refractivity contribution in [1.82, 2.24) is 10.2 Å². The second-order valence-corrected chi connectivity index (χ2v) is 3.95. The summed E-state index contributed by atoms with van der Waals surface area (Å²) in [5, 5.41) is 7.02.